The highest BCUT2D eigenvalue weighted by molar-refractivity contribution is 7.89. The number of nitrogens with zero attached hydrogens (tertiary/aromatic N) is 1. The number of ether oxygens (including phenoxy) is 2. The number of aliphatic carboxylic acids is 1. The van der Waals surface area contributed by atoms with E-state index in [1.54, 1.807) is 19.1 Å². The van der Waals surface area contributed by atoms with E-state index in [2.05, 4.69) is 0 Å². The van der Waals surface area contributed by atoms with Crippen LogP contribution >= 0.6 is 0 Å². The van der Waals surface area contributed by atoms with Crippen molar-refractivity contribution < 1.29 is 27.8 Å². The molecule has 0 aliphatic carbocycles. The van der Waals surface area contributed by atoms with Crippen molar-refractivity contribution in [1.82, 2.24) is 4.31 Å². The highest BCUT2D eigenvalue weighted by atomic mass is 32.2. The summed E-state index contributed by atoms with van der Waals surface area (Å²) in [5.74, 6) is -0.413. The van der Waals surface area contributed by atoms with Crippen molar-refractivity contribution in [3.8, 4) is 5.75 Å². The van der Waals surface area contributed by atoms with Gasteiger partial charge in [-0.3, -0.25) is 4.79 Å². The number of carboxylic acid groups (broad SMARTS) is 1. The second-order valence-electron chi connectivity index (χ2n) is 5.97. The van der Waals surface area contributed by atoms with Crippen LogP contribution in [0.25, 0.3) is 0 Å². The molecule has 0 bridgehead atoms. The fraction of sp³-hybridized carbons (Fsp3) is 0.562. The van der Waals surface area contributed by atoms with Crippen molar-refractivity contribution >= 4 is 16.0 Å². The maximum absolute atomic E-state index is 12.6. The SMILES string of the molecule is CCOCCOc1ccc(S(=O)(=O)N2CCC(C)(C(=O)O)C2)cc1. The van der Waals surface area contributed by atoms with Crippen LogP contribution in [0.15, 0.2) is 29.2 Å². The molecule has 1 heterocycles. The Morgan fingerprint density at radius 3 is 2.50 bits per heavy atom. The average Bonchev–Trinajstić information content (AvgIpc) is 2.97. The van der Waals surface area contributed by atoms with Gasteiger partial charge in [0.15, 0.2) is 0 Å². The van der Waals surface area contributed by atoms with Crippen molar-refractivity contribution in [2.45, 2.75) is 25.2 Å². The summed E-state index contributed by atoms with van der Waals surface area (Å²) in [5, 5.41) is 9.24. The predicted molar refractivity (Wildman–Crippen MR) is 87.5 cm³/mol. The Morgan fingerprint density at radius 2 is 1.96 bits per heavy atom. The minimum atomic E-state index is -3.70. The summed E-state index contributed by atoms with van der Waals surface area (Å²) in [6, 6.07) is 6.13. The highest BCUT2D eigenvalue weighted by Gasteiger charge is 2.44. The molecule has 2 rings (SSSR count). The van der Waals surface area contributed by atoms with Crippen LogP contribution < -0.4 is 4.74 Å². The number of rotatable bonds is 8. The van der Waals surface area contributed by atoms with Gasteiger partial charge in [-0.15, -0.1) is 0 Å². The molecule has 0 amide bonds. The van der Waals surface area contributed by atoms with Gasteiger partial charge >= 0.3 is 5.97 Å². The van der Waals surface area contributed by atoms with Crippen LogP contribution in [-0.4, -0.2) is 56.7 Å². The lowest BCUT2D eigenvalue weighted by Crippen LogP contribution is -2.34. The summed E-state index contributed by atoms with van der Waals surface area (Å²) in [6.45, 7) is 5.13. The molecule has 0 saturated carbocycles. The lowest BCUT2D eigenvalue weighted by atomic mass is 9.90. The molecule has 1 fully saturated rings. The van der Waals surface area contributed by atoms with Crippen molar-refractivity contribution in [3.05, 3.63) is 24.3 Å². The Hall–Kier alpha value is -1.64. The first-order valence-corrected chi connectivity index (χ1v) is 9.28. The summed E-state index contributed by atoms with van der Waals surface area (Å²) in [7, 11) is -3.70. The fourth-order valence-electron chi connectivity index (χ4n) is 2.52. The summed E-state index contributed by atoms with van der Waals surface area (Å²) in [5.41, 5.74) is -1.03. The zero-order chi connectivity index (χ0) is 17.8. The van der Waals surface area contributed by atoms with Crippen LogP contribution in [-0.2, 0) is 19.6 Å². The monoisotopic (exact) mass is 357 g/mol. The molecule has 0 aromatic heterocycles. The second kappa shape index (κ2) is 7.50. The van der Waals surface area contributed by atoms with E-state index in [9.17, 15) is 18.3 Å². The molecule has 134 valence electrons. The summed E-state index contributed by atoms with van der Waals surface area (Å²) in [4.78, 5) is 11.4. The van der Waals surface area contributed by atoms with Crippen molar-refractivity contribution in [1.29, 1.82) is 0 Å². The first-order valence-electron chi connectivity index (χ1n) is 7.84. The van der Waals surface area contributed by atoms with E-state index in [1.807, 2.05) is 6.92 Å². The van der Waals surface area contributed by atoms with Gasteiger partial charge in [0.1, 0.15) is 12.4 Å². The summed E-state index contributed by atoms with van der Waals surface area (Å²) >= 11 is 0. The third-order valence-corrected chi connectivity index (χ3v) is 5.98. The van der Waals surface area contributed by atoms with Crippen molar-refractivity contribution in [3.63, 3.8) is 0 Å². The van der Waals surface area contributed by atoms with Crippen LogP contribution in [0.3, 0.4) is 0 Å². The second-order valence-corrected chi connectivity index (χ2v) is 7.91. The van der Waals surface area contributed by atoms with E-state index in [-0.39, 0.29) is 18.0 Å². The molecule has 1 atom stereocenters. The van der Waals surface area contributed by atoms with E-state index in [4.69, 9.17) is 9.47 Å². The number of sulfonamides is 1. The van der Waals surface area contributed by atoms with Crippen molar-refractivity contribution in [2.75, 3.05) is 32.9 Å². The lowest BCUT2D eigenvalue weighted by molar-refractivity contribution is -0.146. The van der Waals surface area contributed by atoms with Gasteiger partial charge in [-0.2, -0.15) is 4.31 Å². The number of hydrogen-bond acceptors (Lipinski definition) is 5. The maximum atomic E-state index is 12.6. The minimum absolute atomic E-state index is 0.0166. The molecule has 0 spiro atoms. The van der Waals surface area contributed by atoms with Crippen LogP contribution in [0.5, 0.6) is 5.75 Å². The van der Waals surface area contributed by atoms with Gasteiger partial charge in [-0.05, 0) is 44.5 Å². The third-order valence-electron chi connectivity index (χ3n) is 4.12. The predicted octanol–water partition coefficient (Wildman–Crippen LogP) is 1.59. The zero-order valence-corrected chi connectivity index (χ0v) is 14.7. The standard InChI is InChI=1S/C16H23NO6S/c1-3-22-10-11-23-13-4-6-14(7-5-13)24(20,21)17-9-8-16(2,12-17)15(18)19/h4-7H,3,8-12H2,1-2H3,(H,18,19). The van der Waals surface area contributed by atoms with E-state index < -0.39 is 21.4 Å². The molecule has 24 heavy (non-hydrogen) atoms. The van der Waals surface area contributed by atoms with Gasteiger partial charge in [0.05, 0.1) is 16.9 Å². The maximum Gasteiger partial charge on any atom is 0.310 e. The first-order chi connectivity index (χ1) is 11.3. The Morgan fingerprint density at radius 1 is 1.29 bits per heavy atom. The molecular weight excluding hydrogens is 334 g/mol. The quantitative estimate of drug-likeness (QED) is 0.710. The molecule has 1 saturated heterocycles. The Balaban J connectivity index is 2.04. The molecule has 1 N–H and O–H groups in total. The Bertz CT molecular complexity index is 672. The molecule has 1 aliphatic heterocycles. The molecular formula is C16H23NO6S. The van der Waals surface area contributed by atoms with Gasteiger partial charge in [0.25, 0.3) is 0 Å². The van der Waals surface area contributed by atoms with Gasteiger partial charge in [-0.1, -0.05) is 0 Å². The van der Waals surface area contributed by atoms with E-state index in [0.29, 0.717) is 32.0 Å². The highest BCUT2D eigenvalue weighted by Crippen LogP contribution is 2.33. The number of hydrogen-bond donors (Lipinski definition) is 1. The van der Waals surface area contributed by atoms with E-state index in [1.165, 1.54) is 16.4 Å². The third kappa shape index (κ3) is 4.06. The lowest BCUT2D eigenvalue weighted by Gasteiger charge is -2.20. The minimum Gasteiger partial charge on any atom is -0.491 e. The van der Waals surface area contributed by atoms with Gasteiger partial charge in [0, 0.05) is 19.7 Å². The van der Waals surface area contributed by atoms with E-state index >= 15 is 0 Å². The smallest absolute Gasteiger partial charge is 0.310 e. The molecule has 1 aromatic rings. The molecule has 7 nitrogen and oxygen atoms in total. The largest absolute Gasteiger partial charge is 0.491 e. The molecule has 1 unspecified atom stereocenters. The van der Waals surface area contributed by atoms with Crippen LogP contribution in [0, 0.1) is 5.41 Å². The van der Waals surface area contributed by atoms with Crippen LogP contribution in [0.1, 0.15) is 20.3 Å². The van der Waals surface area contributed by atoms with E-state index in [0.717, 1.165) is 0 Å². The Kier molecular flexibility index (Phi) is 5.84. The topological polar surface area (TPSA) is 93.1 Å². The van der Waals surface area contributed by atoms with Gasteiger partial charge in [-0.25, -0.2) is 8.42 Å². The van der Waals surface area contributed by atoms with Gasteiger partial charge < -0.3 is 14.6 Å². The van der Waals surface area contributed by atoms with Crippen LogP contribution in [0.4, 0.5) is 0 Å². The molecule has 1 aromatic carbocycles. The summed E-state index contributed by atoms with van der Waals surface area (Å²) in [6.07, 6.45) is 0.306. The number of benzene rings is 1. The average molecular weight is 357 g/mol. The van der Waals surface area contributed by atoms with Crippen LogP contribution in [0.2, 0.25) is 0 Å². The zero-order valence-electron chi connectivity index (χ0n) is 13.9. The normalized spacial score (nSPS) is 21.8. The molecule has 8 heteroatoms. The molecule has 0 radical (unpaired) electrons. The summed E-state index contributed by atoms with van der Waals surface area (Å²) < 4.78 is 37.1. The fourth-order valence-corrected chi connectivity index (χ4v) is 4.08. The number of carbonyl (C=O) groups is 1. The van der Waals surface area contributed by atoms with Crippen molar-refractivity contribution in [2.24, 2.45) is 5.41 Å². The Labute approximate surface area is 142 Å². The number of carboxylic acids is 1. The van der Waals surface area contributed by atoms with Gasteiger partial charge in [0.2, 0.25) is 10.0 Å². The first kappa shape index (κ1) is 18.7. The molecule has 1 aliphatic rings.